The van der Waals surface area contributed by atoms with E-state index in [2.05, 4.69) is 16.0 Å². The van der Waals surface area contributed by atoms with Gasteiger partial charge in [0.15, 0.2) is 0 Å². The quantitative estimate of drug-likeness (QED) is 0.655. The Kier molecular flexibility index (Phi) is 4.19. The molecule has 7 nitrogen and oxygen atoms in total. The van der Waals surface area contributed by atoms with Crippen molar-refractivity contribution in [2.24, 2.45) is 0 Å². The number of urea groups is 1. The molecule has 0 bridgehead atoms. The van der Waals surface area contributed by atoms with E-state index in [0.29, 0.717) is 25.1 Å². The van der Waals surface area contributed by atoms with Gasteiger partial charge in [0.05, 0.1) is 5.56 Å². The number of carbonyl (C=O) groups is 3. The Labute approximate surface area is 115 Å². The summed E-state index contributed by atoms with van der Waals surface area (Å²) in [5.74, 6) is -1.07. The van der Waals surface area contributed by atoms with Gasteiger partial charge in [-0.05, 0) is 24.6 Å². The Hall–Kier alpha value is -2.57. The third-order valence-corrected chi connectivity index (χ3v) is 2.97. The third kappa shape index (κ3) is 3.71. The van der Waals surface area contributed by atoms with E-state index in [0.717, 1.165) is 0 Å². The molecule has 1 saturated heterocycles. The maximum atomic E-state index is 11.8. The number of anilines is 1. The summed E-state index contributed by atoms with van der Waals surface area (Å²) in [6.07, 6.45) is 0.980. The molecule has 3 amide bonds. The highest BCUT2D eigenvalue weighted by molar-refractivity contribution is 5.93. The first-order chi connectivity index (χ1) is 9.54. The van der Waals surface area contributed by atoms with Crippen LogP contribution in [0.15, 0.2) is 24.3 Å². The van der Waals surface area contributed by atoms with Crippen LogP contribution in [0.3, 0.4) is 0 Å². The van der Waals surface area contributed by atoms with Crippen molar-refractivity contribution in [2.75, 3.05) is 11.9 Å². The second-order valence-corrected chi connectivity index (χ2v) is 4.52. The first kappa shape index (κ1) is 13.9. The number of aromatic carboxylic acids is 1. The number of rotatable bonds is 3. The molecule has 106 valence electrons. The van der Waals surface area contributed by atoms with Crippen LogP contribution in [0.1, 0.15) is 23.2 Å². The fraction of sp³-hybridized carbons (Fsp3) is 0.308. The van der Waals surface area contributed by atoms with Crippen molar-refractivity contribution in [1.29, 1.82) is 0 Å². The van der Waals surface area contributed by atoms with Crippen molar-refractivity contribution in [2.45, 2.75) is 18.9 Å². The smallest absolute Gasteiger partial charge is 0.335 e. The molecular formula is C13H15N3O4. The zero-order valence-corrected chi connectivity index (χ0v) is 10.7. The molecule has 0 aliphatic carbocycles. The molecule has 1 atom stereocenters. The average molecular weight is 277 g/mol. The van der Waals surface area contributed by atoms with Crippen molar-refractivity contribution < 1.29 is 19.5 Å². The molecule has 0 aromatic heterocycles. The largest absolute Gasteiger partial charge is 0.478 e. The van der Waals surface area contributed by atoms with Crippen LogP contribution in [0.2, 0.25) is 0 Å². The Morgan fingerprint density at radius 3 is 2.80 bits per heavy atom. The SMILES string of the molecule is O=C1CCC(NC(=O)Nc2cccc(C(=O)O)c2)CN1. The van der Waals surface area contributed by atoms with E-state index < -0.39 is 12.0 Å². The molecule has 1 heterocycles. The predicted octanol–water partition coefficient (Wildman–Crippen LogP) is 0.785. The van der Waals surface area contributed by atoms with E-state index >= 15 is 0 Å². The number of carboxylic acid groups (broad SMARTS) is 1. The molecule has 0 saturated carbocycles. The van der Waals surface area contributed by atoms with Crippen LogP contribution in [0.4, 0.5) is 10.5 Å². The first-order valence-corrected chi connectivity index (χ1v) is 6.22. The summed E-state index contributed by atoms with van der Waals surface area (Å²) >= 11 is 0. The van der Waals surface area contributed by atoms with Crippen molar-refractivity contribution >= 4 is 23.6 Å². The molecule has 2 rings (SSSR count). The Morgan fingerprint density at radius 1 is 1.35 bits per heavy atom. The highest BCUT2D eigenvalue weighted by Gasteiger charge is 2.19. The maximum absolute atomic E-state index is 11.8. The monoisotopic (exact) mass is 277 g/mol. The van der Waals surface area contributed by atoms with Crippen molar-refractivity contribution in [3.63, 3.8) is 0 Å². The molecule has 1 aromatic carbocycles. The van der Waals surface area contributed by atoms with Gasteiger partial charge in [0.25, 0.3) is 0 Å². The average Bonchev–Trinajstić information content (AvgIpc) is 2.41. The van der Waals surface area contributed by atoms with Gasteiger partial charge in [-0.2, -0.15) is 0 Å². The van der Waals surface area contributed by atoms with Crippen LogP contribution in [0.5, 0.6) is 0 Å². The van der Waals surface area contributed by atoms with Crippen molar-refractivity contribution in [3.05, 3.63) is 29.8 Å². The minimum absolute atomic E-state index is 0.0161. The van der Waals surface area contributed by atoms with Crippen LogP contribution in [-0.2, 0) is 4.79 Å². The number of piperidine rings is 1. The van der Waals surface area contributed by atoms with Gasteiger partial charge < -0.3 is 21.1 Å². The molecule has 0 spiro atoms. The molecule has 0 radical (unpaired) electrons. The van der Waals surface area contributed by atoms with E-state index in [-0.39, 0.29) is 17.5 Å². The van der Waals surface area contributed by atoms with Crippen LogP contribution >= 0.6 is 0 Å². The molecule has 1 fully saturated rings. The Bertz CT molecular complexity index is 534. The number of carboxylic acids is 1. The van der Waals surface area contributed by atoms with E-state index in [1.54, 1.807) is 12.1 Å². The molecule has 1 unspecified atom stereocenters. The topological polar surface area (TPSA) is 108 Å². The van der Waals surface area contributed by atoms with Crippen molar-refractivity contribution in [3.8, 4) is 0 Å². The van der Waals surface area contributed by atoms with Crippen LogP contribution in [-0.4, -0.2) is 35.6 Å². The van der Waals surface area contributed by atoms with Crippen LogP contribution < -0.4 is 16.0 Å². The van der Waals surface area contributed by atoms with Crippen LogP contribution in [0, 0.1) is 0 Å². The van der Waals surface area contributed by atoms with Crippen molar-refractivity contribution in [1.82, 2.24) is 10.6 Å². The van der Waals surface area contributed by atoms with Gasteiger partial charge in [-0.25, -0.2) is 9.59 Å². The van der Waals surface area contributed by atoms with Gasteiger partial charge in [0, 0.05) is 24.7 Å². The lowest BCUT2D eigenvalue weighted by atomic mass is 10.1. The van der Waals surface area contributed by atoms with Gasteiger partial charge in [0.1, 0.15) is 0 Å². The number of hydrogen-bond donors (Lipinski definition) is 4. The molecule has 1 aliphatic heterocycles. The van der Waals surface area contributed by atoms with E-state index in [9.17, 15) is 14.4 Å². The van der Waals surface area contributed by atoms with Gasteiger partial charge in [-0.15, -0.1) is 0 Å². The van der Waals surface area contributed by atoms with Gasteiger partial charge >= 0.3 is 12.0 Å². The zero-order chi connectivity index (χ0) is 14.5. The molecule has 1 aliphatic rings. The predicted molar refractivity (Wildman–Crippen MR) is 71.6 cm³/mol. The fourth-order valence-electron chi connectivity index (χ4n) is 1.94. The maximum Gasteiger partial charge on any atom is 0.335 e. The standard InChI is InChI=1S/C13H15N3O4/c17-11-5-4-10(7-14-11)16-13(20)15-9-3-1-2-8(6-9)12(18)19/h1-3,6,10H,4-5,7H2,(H,14,17)(H,18,19)(H2,15,16,20). The summed E-state index contributed by atoms with van der Waals surface area (Å²) in [5.41, 5.74) is 0.509. The van der Waals surface area contributed by atoms with Gasteiger partial charge in [-0.1, -0.05) is 6.07 Å². The molecule has 1 aromatic rings. The summed E-state index contributed by atoms with van der Waals surface area (Å²) in [7, 11) is 0. The minimum atomic E-state index is -1.05. The minimum Gasteiger partial charge on any atom is -0.478 e. The second-order valence-electron chi connectivity index (χ2n) is 4.52. The summed E-state index contributed by atoms with van der Waals surface area (Å²) in [5, 5.41) is 16.8. The molecule has 7 heteroatoms. The lowest BCUT2D eigenvalue weighted by molar-refractivity contribution is -0.122. The van der Waals surface area contributed by atoms with Gasteiger partial charge in [0.2, 0.25) is 5.91 Å². The first-order valence-electron chi connectivity index (χ1n) is 6.22. The fourth-order valence-corrected chi connectivity index (χ4v) is 1.94. The summed E-state index contributed by atoms with van der Waals surface area (Å²) in [6, 6.07) is 5.45. The lowest BCUT2D eigenvalue weighted by Gasteiger charge is -2.23. The van der Waals surface area contributed by atoms with Crippen LogP contribution in [0.25, 0.3) is 0 Å². The molecular weight excluding hydrogens is 262 g/mol. The van der Waals surface area contributed by atoms with E-state index in [4.69, 9.17) is 5.11 Å². The second kappa shape index (κ2) is 6.05. The lowest BCUT2D eigenvalue weighted by Crippen LogP contribution is -2.48. The number of carbonyl (C=O) groups excluding carboxylic acids is 2. The number of nitrogens with one attached hydrogen (secondary N) is 3. The zero-order valence-electron chi connectivity index (χ0n) is 10.7. The van der Waals surface area contributed by atoms with E-state index in [1.807, 2.05) is 0 Å². The normalized spacial score (nSPS) is 18.0. The summed E-state index contributed by atoms with van der Waals surface area (Å²) < 4.78 is 0. The highest BCUT2D eigenvalue weighted by atomic mass is 16.4. The van der Waals surface area contributed by atoms with E-state index in [1.165, 1.54) is 12.1 Å². The molecule has 4 N–H and O–H groups in total. The highest BCUT2D eigenvalue weighted by Crippen LogP contribution is 2.11. The number of amides is 3. The third-order valence-electron chi connectivity index (χ3n) is 2.97. The number of benzene rings is 1. The Morgan fingerprint density at radius 2 is 2.15 bits per heavy atom. The Balaban J connectivity index is 1.89. The summed E-state index contributed by atoms with van der Waals surface area (Å²) in [4.78, 5) is 33.6. The van der Waals surface area contributed by atoms with Gasteiger partial charge in [-0.3, -0.25) is 4.79 Å². The number of hydrogen-bond acceptors (Lipinski definition) is 3. The summed E-state index contributed by atoms with van der Waals surface area (Å²) in [6.45, 7) is 0.404. The molecule has 20 heavy (non-hydrogen) atoms.